The van der Waals surface area contributed by atoms with E-state index in [2.05, 4.69) is 60.6 Å². The lowest BCUT2D eigenvalue weighted by atomic mass is 10.1. The van der Waals surface area contributed by atoms with Crippen LogP contribution >= 0.6 is 11.6 Å². The fourth-order valence-electron chi connectivity index (χ4n) is 3.18. The van der Waals surface area contributed by atoms with E-state index in [1.165, 1.54) is 17.5 Å². The second-order valence-electron chi connectivity index (χ2n) is 8.48. The molecular formula is C29H33ClN2O. The Morgan fingerprint density at radius 3 is 1.79 bits per heavy atom. The Hall–Kier alpha value is -2.77. The molecule has 3 aromatic carbocycles. The summed E-state index contributed by atoms with van der Waals surface area (Å²) >= 11 is 5.90. The summed E-state index contributed by atoms with van der Waals surface area (Å²) in [5.41, 5.74) is 4.50. The van der Waals surface area contributed by atoms with Gasteiger partial charge in [-0.25, -0.2) is 0 Å². The molecule has 0 fully saturated rings. The van der Waals surface area contributed by atoms with E-state index in [0.717, 1.165) is 54.0 Å². The number of nitrogens with one attached hydrogen (secondary N) is 2. The van der Waals surface area contributed by atoms with Crippen LogP contribution in [0.3, 0.4) is 0 Å². The van der Waals surface area contributed by atoms with Gasteiger partial charge < -0.3 is 15.4 Å². The molecule has 0 bridgehead atoms. The van der Waals surface area contributed by atoms with Crippen LogP contribution in [0, 0.1) is 17.8 Å². The van der Waals surface area contributed by atoms with Crippen LogP contribution in [-0.4, -0.2) is 19.7 Å². The topological polar surface area (TPSA) is 33.3 Å². The van der Waals surface area contributed by atoms with Crippen LogP contribution in [0.4, 0.5) is 0 Å². The molecule has 4 heteroatoms. The van der Waals surface area contributed by atoms with Crippen LogP contribution in [0.1, 0.15) is 42.5 Å². The number of hydrogen-bond acceptors (Lipinski definition) is 3. The maximum Gasteiger partial charge on any atom is 0.119 e. The second-order valence-corrected chi connectivity index (χ2v) is 8.92. The maximum atomic E-state index is 5.90. The first-order chi connectivity index (χ1) is 16.1. The first kappa shape index (κ1) is 24.9. The zero-order valence-electron chi connectivity index (χ0n) is 19.5. The van der Waals surface area contributed by atoms with Gasteiger partial charge >= 0.3 is 0 Å². The molecule has 2 N–H and O–H groups in total. The SMILES string of the molecule is CC(C)CCNCc1ccc(CNCCOc2ccc(C#Cc3ccc(Cl)cc3)cc2)cc1. The Kier molecular flexibility index (Phi) is 10.3. The third-order valence-corrected chi connectivity index (χ3v) is 5.43. The van der Waals surface area contributed by atoms with Gasteiger partial charge in [0.15, 0.2) is 0 Å². The molecule has 3 nitrogen and oxygen atoms in total. The summed E-state index contributed by atoms with van der Waals surface area (Å²) in [5, 5.41) is 7.66. The fraction of sp³-hybridized carbons (Fsp3) is 0.310. The number of halogens is 1. The van der Waals surface area contributed by atoms with Crippen molar-refractivity contribution < 1.29 is 4.74 Å². The minimum atomic E-state index is 0.619. The highest BCUT2D eigenvalue weighted by atomic mass is 35.5. The van der Waals surface area contributed by atoms with Crippen molar-refractivity contribution in [2.45, 2.75) is 33.4 Å². The zero-order valence-corrected chi connectivity index (χ0v) is 20.3. The van der Waals surface area contributed by atoms with Crippen molar-refractivity contribution in [3.8, 4) is 17.6 Å². The largest absolute Gasteiger partial charge is 0.492 e. The molecule has 0 aliphatic rings. The predicted molar refractivity (Wildman–Crippen MR) is 139 cm³/mol. The Bertz CT molecular complexity index is 1020. The van der Waals surface area contributed by atoms with Gasteiger partial charge in [-0.1, -0.05) is 61.6 Å². The van der Waals surface area contributed by atoms with Crippen LogP contribution < -0.4 is 15.4 Å². The van der Waals surface area contributed by atoms with Gasteiger partial charge in [0.1, 0.15) is 12.4 Å². The van der Waals surface area contributed by atoms with Gasteiger partial charge in [-0.2, -0.15) is 0 Å². The van der Waals surface area contributed by atoms with Crippen molar-refractivity contribution in [3.63, 3.8) is 0 Å². The van der Waals surface area contributed by atoms with Crippen molar-refractivity contribution in [2.24, 2.45) is 5.92 Å². The summed E-state index contributed by atoms with van der Waals surface area (Å²) < 4.78 is 5.83. The molecule has 0 radical (unpaired) electrons. The van der Waals surface area contributed by atoms with E-state index < -0.39 is 0 Å². The van der Waals surface area contributed by atoms with E-state index in [0.29, 0.717) is 6.61 Å². The molecule has 3 aromatic rings. The van der Waals surface area contributed by atoms with Gasteiger partial charge in [-0.05, 0) is 78.5 Å². The van der Waals surface area contributed by atoms with Gasteiger partial charge in [0.05, 0.1) is 0 Å². The molecule has 0 aromatic heterocycles. The van der Waals surface area contributed by atoms with Crippen molar-refractivity contribution in [2.75, 3.05) is 19.7 Å². The molecule has 0 heterocycles. The lowest BCUT2D eigenvalue weighted by Crippen LogP contribution is -2.20. The van der Waals surface area contributed by atoms with E-state index in [1.807, 2.05) is 48.5 Å². The van der Waals surface area contributed by atoms with E-state index in [1.54, 1.807) is 0 Å². The van der Waals surface area contributed by atoms with Crippen LogP contribution in [-0.2, 0) is 13.1 Å². The van der Waals surface area contributed by atoms with Crippen molar-refractivity contribution in [3.05, 3.63) is 100 Å². The Morgan fingerprint density at radius 2 is 1.24 bits per heavy atom. The number of rotatable bonds is 11. The third kappa shape index (κ3) is 9.72. The predicted octanol–water partition coefficient (Wildman–Crippen LogP) is 6.04. The third-order valence-electron chi connectivity index (χ3n) is 5.18. The summed E-state index contributed by atoms with van der Waals surface area (Å²) in [6.45, 7) is 8.75. The monoisotopic (exact) mass is 460 g/mol. The molecule has 0 saturated heterocycles. The highest BCUT2D eigenvalue weighted by molar-refractivity contribution is 6.30. The molecule has 0 aliphatic heterocycles. The van der Waals surface area contributed by atoms with E-state index in [4.69, 9.17) is 16.3 Å². The standard InChI is InChI=1S/C29H33ClN2O/c1-23(2)17-18-31-21-26-5-7-27(8-6-26)22-32-19-20-33-29-15-11-25(12-16-29)4-3-24-9-13-28(30)14-10-24/h5-16,23,31-32H,17-22H2,1-2H3. The minimum Gasteiger partial charge on any atom is -0.492 e. The van der Waals surface area contributed by atoms with Gasteiger partial charge in [-0.3, -0.25) is 0 Å². The Morgan fingerprint density at radius 1 is 0.727 bits per heavy atom. The lowest BCUT2D eigenvalue weighted by Gasteiger charge is -2.09. The molecule has 0 aliphatic carbocycles. The molecule has 3 rings (SSSR count). The smallest absolute Gasteiger partial charge is 0.119 e. The van der Waals surface area contributed by atoms with Gasteiger partial charge in [0.2, 0.25) is 0 Å². The fourth-order valence-corrected chi connectivity index (χ4v) is 3.31. The van der Waals surface area contributed by atoms with E-state index in [9.17, 15) is 0 Å². The summed E-state index contributed by atoms with van der Waals surface area (Å²) in [4.78, 5) is 0. The first-order valence-electron chi connectivity index (χ1n) is 11.6. The molecule has 33 heavy (non-hydrogen) atoms. The van der Waals surface area contributed by atoms with Crippen LogP contribution in [0.15, 0.2) is 72.8 Å². The van der Waals surface area contributed by atoms with E-state index >= 15 is 0 Å². The second kappa shape index (κ2) is 13.7. The molecule has 0 atom stereocenters. The maximum absolute atomic E-state index is 5.90. The van der Waals surface area contributed by atoms with Crippen molar-refractivity contribution >= 4 is 11.6 Å². The number of benzene rings is 3. The summed E-state index contributed by atoms with van der Waals surface area (Å²) in [7, 11) is 0. The van der Waals surface area contributed by atoms with Crippen molar-refractivity contribution in [1.82, 2.24) is 10.6 Å². The Labute approximate surface area is 203 Å². The average molecular weight is 461 g/mol. The first-order valence-corrected chi connectivity index (χ1v) is 12.0. The quantitative estimate of drug-likeness (QED) is 0.270. The van der Waals surface area contributed by atoms with Gasteiger partial charge in [0.25, 0.3) is 0 Å². The number of hydrogen-bond donors (Lipinski definition) is 2. The molecular weight excluding hydrogens is 428 g/mol. The van der Waals surface area contributed by atoms with E-state index in [-0.39, 0.29) is 0 Å². The highest BCUT2D eigenvalue weighted by Gasteiger charge is 1.98. The van der Waals surface area contributed by atoms with Crippen LogP contribution in [0.25, 0.3) is 0 Å². The summed E-state index contributed by atoms with van der Waals surface area (Å²) in [6, 6.07) is 24.2. The normalized spacial score (nSPS) is 10.7. The molecule has 0 saturated carbocycles. The van der Waals surface area contributed by atoms with Crippen LogP contribution in [0.5, 0.6) is 5.75 Å². The molecule has 0 amide bonds. The summed E-state index contributed by atoms with van der Waals surface area (Å²) in [6.07, 6.45) is 1.21. The van der Waals surface area contributed by atoms with Gasteiger partial charge in [0, 0.05) is 35.8 Å². The minimum absolute atomic E-state index is 0.619. The van der Waals surface area contributed by atoms with Gasteiger partial charge in [-0.15, -0.1) is 0 Å². The molecule has 172 valence electrons. The number of ether oxygens (including phenoxy) is 1. The van der Waals surface area contributed by atoms with Crippen molar-refractivity contribution in [1.29, 1.82) is 0 Å². The summed E-state index contributed by atoms with van der Waals surface area (Å²) in [5.74, 6) is 7.89. The molecule has 0 unspecified atom stereocenters. The zero-order chi connectivity index (χ0) is 23.3. The lowest BCUT2D eigenvalue weighted by molar-refractivity contribution is 0.313. The Balaban J connectivity index is 1.32. The average Bonchev–Trinajstić information content (AvgIpc) is 2.83. The van der Waals surface area contributed by atoms with Crippen LogP contribution in [0.2, 0.25) is 5.02 Å². The molecule has 0 spiro atoms. The highest BCUT2D eigenvalue weighted by Crippen LogP contribution is 2.12.